The summed E-state index contributed by atoms with van der Waals surface area (Å²) >= 11 is 0. The van der Waals surface area contributed by atoms with Crippen LogP contribution in [0.25, 0.3) is 0 Å². The number of benzene rings is 2. The van der Waals surface area contributed by atoms with Crippen LogP contribution in [0.5, 0.6) is 0 Å². The molecule has 2 atom stereocenters. The Morgan fingerprint density at radius 3 is 2.60 bits per heavy atom. The molecule has 0 bridgehead atoms. The third-order valence-electron chi connectivity index (χ3n) is 3.93. The van der Waals surface area contributed by atoms with Gasteiger partial charge < -0.3 is 4.74 Å². The van der Waals surface area contributed by atoms with Crippen LogP contribution in [0.3, 0.4) is 0 Å². The quantitative estimate of drug-likeness (QED) is 0.782. The molecule has 1 aliphatic heterocycles. The van der Waals surface area contributed by atoms with Crippen LogP contribution >= 0.6 is 0 Å². The molecule has 1 heterocycles. The van der Waals surface area contributed by atoms with Gasteiger partial charge in [-0.3, -0.25) is 0 Å². The summed E-state index contributed by atoms with van der Waals surface area (Å²) in [6.07, 6.45) is -0.411. The van der Waals surface area contributed by atoms with Gasteiger partial charge in [-0.1, -0.05) is 48.0 Å². The Kier molecular flexibility index (Phi) is 3.30. The third-order valence-corrected chi connectivity index (χ3v) is 3.93. The van der Waals surface area contributed by atoms with Crippen LogP contribution in [0.15, 0.2) is 42.5 Å². The summed E-state index contributed by atoms with van der Waals surface area (Å²) < 4.78 is 5.77. The van der Waals surface area contributed by atoms with Crippen molar-refractivity contribution >= 4 is 0 Å². The molecule has 0 saturated carbocycles. The SMILES string of the molecule is Cc1cc(C)c2c(c1)COC(C#N)C2c1ccccc1. The van der Waals surface area contributed by atoms with E-state index in [0.29, 0.717) is 6.61 Å². The van der Waals surface area contributed by atoms with E-state index in [9.17, 15) is 5.26 Å². The highest BCUT2D eigenvalue weighted by Gasteiger charge is 2.33. The first-order chi connectivity index (χ1) is 9.70. The van der Waals surface area contributed by atoms with Gasteiger partial charge in [-0.25, -0.2) is 0 Å². The molecule has 0 N–H and O–H groups in total. The summed E-state index contributed by atoms with van der Waals surface area (Å²) in [5, 5.41) is 9.42. The Balaban J connectivity index is 2.20. The Labute approximate surface area is 119 Å². The Bertz CT molecular complexity index is 670. The zero-order valence-corrected chi connectivity index (χ0v) is 11.8. The average molecular weight is 263 g/mol. The summed E-state index contributed by atoms with van der Waals surface area (Å²) in [5.74, 6) is 0.00514. The van der Waals surface area contributed by atoms with Gasteiger partial charge >= 0.3 is 0 Å². The van der Waals surface area contributed by atoms with Crippen molar-refractivity contribution in [1.29, 1.82) is 5.26 Å². The second-order valence-corrected chi connectivity index (χ2v) is 5.40. The van der Waals surface area contributed by atoms with Crippen molar-refractivity contribution < 1.29 is 4.74 Å². The number of nitrogens with zero attached hydrogens (tertiary/aromatic N) is 1. The van der Waals surface area contributed by atoms with E-state index in [1.54, 1.807) is 0 Å². The fourth-order valence-electron chi connectivity index (χ4n) is 3.17. The van der Waals surface area contributed by atoms with E-state index in [1.807, 2.05) is 18.2 Å². The molecule has 0 fully saturated rings. The average Bonchev–Trinajstić information content (AvgIpc) is 2.46. The van der Waals surface area contributed by atoms with E-state index in [2.05, 4.69) is 44.2 Å². The van der Waals surface area contributed by atoms with Gasteiger partial charge in [0, 0.05) is 5.92 Å². The van der Waals surface area contributed by atoms with Crippen molar-refractivity contribution in [3.8, 4) is 6.07 Å². The molecule has 1 aliphatic rings. The first-order valence-electron chi connectivity index (χ1n) is 6.87. The molecule has 3 rings (SSSR count). The number of nitriles is 1. The zero-order valence-electron chi connectivity index (χ0n) is 11.8. The molecule has 100 valence electrons. The maximum absolute atomic E-state index is 9.42. The van der Waals surface area contributed by atoms with E-state index in [-0.39, 0.29) is 5.92 Å². The van der Waals surface area contributed by atoms with E-state index < -0.39 is 6.10 Å². The van der Waals surface area contributed by atoms with Gasteiger partial charge in [0.2, 0.25) is 0 Å². The topological polar surface area (TPSA) is 33.0 Å². The van der Waals surface area contributed by atoms with E-state index in [0.717, 1.165) is 5.56 Å². The van der Waals surface area contributed by atoms with Gasteiger partial charge in [0.25, 0.3) is 0 Å². The van der Waals surface area contributed by atoms with Crippen LogP contribution in [0.1, 0.15) is 33.7 Å². The second-order valence-electron chi connectivity index (χ2n) is 5.40. The van der Waals surface area contributed by atoms with Crippen molar-refractivity contribution in [3.63, 3.8) is 0 Å². The number of fused-ring (bicyclic) bond motifs is 1. The zero-order chi connectivity index (χ0) is 14.1. The van der Waals surface area contributed by atoms with E-state index in [4.69, 9.17) is 4.74 Å². The summed E-state index contributed by atoms with van der Waals surface area (Å²) in [6, 6.07) is 16.9. The Morgan fingerprint density at radius 1 is 1.15 bits per heavy atom. The van der Waals surface area contributed by atoms with E-state index >= 15 is 0 Å². The predicted molar refractivity (Wildman–Crippen MR) is 78.4 cm³/mol. The molecular formula is C18H17NO. The van der Waals surface area contributed by atoms with Crippen LogP contribution in [0.2, 0.25) is 0 Å². The number of rotatable bonds is 1. The largest absolute Gasteiger partial charge is 0.358 e. The molecule has 2 heteroatoms. The lowest BCUT2D eigenvalue weighted by molar-refractivity contribution is 0.0520. The minimum Gasteiger partial charge on any atom is -0.358 e. The molecule has 0 saturated heterocycles. The number of aryl methyl sites for hydroxylation is 2. The van der Waals surface area contributed by atoms with Crippen molar-refractivity contribution in [2.24, 2.45) is 0 Å². The Hall–Kier alpha value is -2.11. The Morgan fingerprint density at radius 2 is 1.90 bits per heavy atom. The lowest BCUT2D eigenvalue weighted by Crippen LogP contribution is -2.28. The van der Waals surface area contributed by atoms with Crippen LogP contribution in [-0.4, -0.2) is 6.10 Å². The van der Waals surface area contributed by atoms with Gasteiger partial charge in [-0.15, -0.1) is 0 Å². The second kappa shape index (κ2) is 5.11. The van der Waals surface area contributed by atoms with Crippen LogP contribution < -0.4 is 0 Å². The first-order valence-corrected chi connectivity index (χ1v) is 6.87. The van der Waals surface area contributed by atoms with Gasteiger partial charge in [0.1, 0.15) is 0 Å². The smallest absolute Gasteiger partial charge is 0.155 e. The van der Waals surface area contributed by atoms with Gasteiger partial charge in [-0.05, 0) is 36.1 Å². The van der Waals surface area contributed by atoms with E-state index in [1.165, 1.54) is 22.3 Å². The fraction of sp³-hybridized carbons (Fsp3) is 0.278. The maximum atomic E-state index is 9.42. The minimum absolute atomic E-state index is 0.00514. The summed E-state index contributed by atoms with van der Waals surface area (Å²) in [6.45, 7) is 4.75. The standard InChI is InChI=1S/C18H17NO/c1-12-8-13(2)17-15(9-12)11-20-16(10-19)18(17)14-6-4-3-5-7-14/h3-9,16,18H,11H2,1-2H3. The highest BCUT2D eigenvalue weighted by atomic mass is 16.5. The number of ether oxygens (including phenoxy) is 1. The lowest BCUT2D eigenvalue weighted by Gasteiger charge is -2.32. The van der Waals surface area contributed by atoms with Crippen molar-refractivity contribution in [1.82, 2.24) is 0 Å². The van der Waals surface area contributed by atoms with Crippen molar-refractivity contribution in [2.45, 2.75) is 32.5 Å². The molecule has 2 unspecified atom stereocenters. The van der Waals surface area contributed by atoms with Gasteiger partial charge in [-0.2, -0.15) is 5.26 Å². The van der Waals surface area contributed by atoms with Gasteiger partial charge in [0.15, 0.2) is 6.10 Å². The monoisotopic (exact) mass is 263 g/mol. The molecule has 0 aliphatic carbocycles. The normalized spacial score (nSPS) is 21.1. The molecule has 0 radical (unpaired) electrons. The maximum Gasteiger partial charge on any atom is 0.155 e. The molecule has 20 heavy (non-hydrogen) atoms. The lowest BCUT2D eigenvalue weighted by atomic mass is 9.80. The summed E-state index contributed by atoms with van der Waals surface area (Å²) in [5.41, 5.74) is 6.11. The molecular weight excluding hydrogens is 246 g/mol. The fourth-order valence-corrected chi connectivity index (χ4v) is 3.17. The van der Waals surface area contributed by atoms with Crippen molar-refractivity contribution in [3.05, 3.63) is 70.3 Å². The highest BCUT2D eigenvalue weighted by Crippen LogP contribution is 2.38. The highest BCUT2D eigenvalue weighted by molar-refractivity contribution is 5.48. The van der Waals surface area contributed by atoms with Crippen LogP contribution in [-0.2, 0) is 11.3 Å². The van der Waals surface area contributed by atoms with Gasteiger partial charge in [0.05, 0.1) is 12.7 Å². The third kappa shape index (κ3) is 2.11. The molecule has 2 aromatic rings. The molecule has 2 nitrogen and oxygen atoms in total. The van der Waals surface area contributed by atoms with Crippen LogP contribution in [0.4, 0.5) is 0 Å². The summed E-state index contributed by atoms with van der Waals surface area (Å²) in [7, 11) is 0. The molecule has 0 amide bonds. The number of hydrogen-bond acceptors (Lipinski definition) is 2. The summed E-state index contributed by atoms with van der Waals surface area (Å²) in [4.78, 5) is 0. The first kappa shape index (κ1) is 12.9. The van der Waals surface area contributed by atoms with Crippen LogP contribution in [0, 0.1) is 25.2 Å². The molecule has 0 spiro atoms. The predicted octanol–water partition coefficient (Wildman–Crippen LogP) is 3.86. The molecule has 2 aromatic carbocycles. The molecule has 0 aromatic heterocycles. The van der Waals surface area contributed by atoms with Crippen molar-refractivity contribution in [2.75, 3.05) is 0 Å². The minimum atomic E-state index is -0.411. The number of hydrogen-bond donors (Lipinski definition) is 0.